The molecule has 1 aromatic carbocycles. The molecule has 0 bridgehead atoms. The number of nitrogens with zero attached hydrogens (tertiary/aromatic N) is 3. The molecule has 5 nitrogen and oxygen atoms in total. The number of aryl methyl sites for hydroxylation is 1. The van der Waals surface area contributed by atoms with Gasteiger partial charge in [-0.05, 0) is 12.1 Å². The number of nitrogens with two attached hydrogens (primary N) is 1. The van der Waals surface area contributed by atoms with Gasteiger partial charge in [0.25, 0.3) is 0 Å². The van der Waals surface area contributed by atoms with Gasteiger partial charge in [0.2, 0.25) is 0 Å². The van der Waals surface area contributed by atoms with Gasteiger partial charge in [0.15, 0.2) is 5.82 Å². The Bertz CT molecular complexity index is 512. The number of hydrogen-bond donors (Lipinski definition) is 1. The lowest BCUT2D eigenvalue weighted by atomic mass is 10.2. The second kappa shape index (κ2) is 5.16. The zero-order valence-corrected chi connectivity index (χ0v) is 10.2. The predicted octanol–water partition coefficient (Wildman–Crippen LogP) is 1.51. The maximum absolute atomic E-state index is 6.03. The van der Waals surface area contributed by atoms with E-state index in [1.807, 2.05) is 19.2 Å². The Balaban J connectivity index is 2.14. The van der Waals surface area contributed by atoms with Crippen molar-refractivity contribution in [3.63, 3.8) is 0 Å². The largest absolute Gasteiger partial charge is 0.485 e. The van der Waals surface area contributed by atoms with E-state index >= 15 is 0 Å². The van der Waals surface area contributed by atoms with Crippen molar-refractivity contribution in [1.82, 2.24) is 14.8 Å². The molecule has 2 rings (SSSR count). The quantitative estimate of drug-likeness (QED) is 0.896. The van der Waals surface area contributed by atoms with E-state index in [4.69, 9.17) is 22.1 Å². The third kappa shape index (κ3) is 2.57. The fraction of sp³-hybridized carbons (Fsp3) is 0.273. The molecule has 6 heteroatoms. The van der Waals surface area contributed by atoms with Crippen molar-refractivity contribution in [3.8, 4) is 5.75 Å². The van der Waals surface area contributed by atoms with E-state index in [-0.39, 0.29) is 0 Å². The zero-order valence-electron chi connectivity index (χ0n) is 9.43. The minimum Gasteiger partial charge on any atom is -0.485 e. The number of aromatic nitrogens is 3. The topological polar surface area (TPSA) is 66.0 Å². The van der Waals surface area contributed by atoms with Gasteiger partial charge in [-0.1, -0.05) is 17.7 Å². The number of halogens is 1. The van der Waals surface area contributed by atoms with Gasteiger partial charge >= 0.3 is 0 Å². The lowest BCUT2D eigenvalue weighted by Gasteiger charge is -2.10. The molecule has 0 atom stereocenters. The molecule has 0 saturated heterocycles. The van der Waals surface area contributed by atoms with Crippen molar-refractivity contribution < 1.29 is 4.74 Å². The summed E-state index contributed by atoms with van der Waals surface area (Å²) in [5, 5.41) is 8.32. The number of ether oxygens (including phenoxy) is 1. The Morgan fingerprint density at radius 3 is 2.94 bits per heavy atom. The summed E-state index contributed by atoms with van der Waals surface area (Å²) in [5.74, 6) is 1.43. The van der Waals surface area contributed by atoms with E-state index in [1.165, 1.54) is 0 Å². The van der Waals surface area contributed by atoms with Crippen LogP contribution in [0.25, 0.3) is 0 Å². The first-order valence-corrected chi connectivity index (χ1v) is 5.53. The molecule has 0 radical (unpaired) electrons. The van der Waals surface area contributed by atoms with Gasteiger partial charge in [-0.3, -0.25) is 0 Å². The molecule has 0 fully saturated rings. The first-order chi connectivity index (χ1) is 8.22. The summed E-state index contributed by atoms with van der Waals surface area (Å²) < 4.78 is 7.44. The van der Waals surface area contributed by atoms with Crippen LogP contribution >= 0.6 is 11.6 Å². The summed E-state index contributed by atoms with van der Waals surface area (Å²) in [7, 11) is 1.86. The van der Waals surface area contributed by atoms with Crippen LogP contribution in [-0.4, -0.2) is 14.8 Å². The van der Waals surface area contributed by atoms with Gasteiger partial charge in [0, 0.05) is 24.2 Å². The SMILES string of the molecule is Cn1cnnc1COc1cccc(Cl)c1CN. The Kier molecular flexibility index (Phi) is 3.61. The minimum atomic E-state index is 0.337. The molecule has 0 aliphatic heterocycles. The number of hydrogen-bond acceptors (Lipinski definition) is 4. The minimum absolute atomic E-state index is 0.337. The van der Waals surface area contributed by atoms with Crippen LogP contribution in [0.5, 0.6) is 5.75 Å². The van der Waals surface area contributed by atoms with Crippen LogP contribution in [0.4, 0.5) is 0 Å². The van der Waals surface area contributed by atoms with Crippen LogP contribution in [0, 0.1) is 0 Å². The average Bonchev–Trinajstić information content (AvgIpc) is 2.72. The van der Waals surface area contributed by atoms with Crippen molar-refractivity contribution in [2.24, 2.45) is 12.8 Å². The highest BCUT2D eigenvalue weighted by Gasteiger charge is 2.08. The second-order valence-electron chi connectivity index (χ2n) is 3.57. The van der Waals surface area contributed by atoms with Crippen LogP contribution in [0.15, 0.2) is 24.5 Å². The Morgan fingerprint density at radius 2 is 2.29 bits per heavy atom. The van der Waals surface area contributed by atoms with E-state index in [0.717, 1.165) is 11.4 Å². The van der Waals surface area contributed by atoms with Gasteiger partial charge in [-0.15, -0.1) is 10.2 Å². The maximum Gasteiger partial charge on any atom is 0.170 e. The van der Waals surface area contributed by atoms with Crippen molar-refractivity contribution in [2.75, 3.05) is 0 Å². The Morgan fingerprint density at radius 1 is 1.47 bits per heavy atom. The van der Waals surface area contributed by atoms with Crippen LogP contribution in [0.1, 0.15) is 11.4 Å². The fourth-order valence-corrected chi connectivity index (χ4v) is 1.70. The van der Waals surface area contributed by atoms with E-state index in [0.29, 0.717) is 23.9 Å². The molecule has 0 saturated carbocycles. The van der Waals surface area contributed by atoms with Gasteiger partial charge in [0.05, 0.1) is 0 Å². The van der Waals surface area contributed by atoms with E-state index in [2.05, 4.69) is 10.2 Å². The van der Waals surface area contributed by atoms with E-state index < -0.39 is 0 Å². The fourth-order valence-electron chi connectivity index (χ4n) is 1.45. The maximum atomic E-state index is 6.03. The third-order valence-electron chi connectivity index (χ3n) is 2.44. The van der Waals surface area contributed by atoms with E-state index in [9.17, 15) is 0 Å². The molecule has 1 heterocycles. The first-order valence-electron chi connectivity index (χ1n) is 5.15. The van der Waals surface area contributed by atoms with Gasteiger partial charge in [-0.25, -0.2) is 0 Å². The van der Waals surface area contributed by atoms with Crippen LogP contribution in [0.3, 0.4) is 0 Å². The van der Waals surface area contributed by atoms with E-state index in [1.54, 1.807) is 17.0 Å². The van der Waals surface area contributed by atoms with Crippen LogP contribution in [0.2, 0.25) is 5.02 Å². The Labute approximate surface area is 104 Å². The lowest BCUT2D eigenvalue weighted by molar-refractivity contribution is 0.288. The van der Waals surface area contributed by atoms with Crippen LogP contribution in [-0.2, 0) is 20.2 Å². The van der Waals surface area contributed by atoms with Gasteiger partial charge in [-0.2, -0.15) is 0 Å². The molecule has 90 valence electrons. The lowest BCUT2D eigenvalue weighted by Crippen LogP contribution is -2.06. The monoisotopic (exact) mass is 252 g/mol. The molecular weight excluding hydrogens is 240 g/mol. The van der Waals surface area contributed by atoms with Crippen molar-refractivity contribution in [1.29, 1.82) is 0 Å². The molecule has 0 aliphatic carbocycles. The van der Waals surface area contributed by atoms with Gasteiger partial charge < -0.3 is 15.0 Å². The highest BCUT2D eigenvalue weighted by Crippen LogP contribution is 2.26. The smallest absolute Gasteiger partial charge is 0.170 e. The summed E-state index contributed by atoms with van der Waals surface area (Å²) >= 11 is 6.03. The Hall–Kier alpha value is -1.59. The molecule has 0 aliphatic rings. The standard InChI is InChI=1S/C11H13ClN4O/c1-16-7-14-15-11(16)6-17-10-4-2-3-9(12)8(10)5-13/h2-4,7H,5-6,13H2,1H3. The molecule has 2 aromatic rings. The second-order valence-corrected chi connectivity index (χ2v) is 3.97. The third-order valence-corrected chi connectivity index (χ3v) is 2.80. The van der Waals surface area contributed by atoms with Crippen molar-refractivity contribution in [3.05, 3.63) is 40.9 Å². The molecule has 0 spiro atoms. The molecular formula is C11H13ClN4O. The van der Waals surface area contributed by atoms with Crippen molar-refractivity contribution >= 4 is 11.6 Å². The predicted molar refractivity (Wildman–Crippen MR) is 64.7 cm³/mol. The highest BCUT2D eigenvalue weighted by atomic mass is 35.5. The summed E-state index contributed by atoms with van der Waals surface area (Å²) in [6.45, 7) is 0.678. The van der Waals surface area contributed by atoms with Crippen LogP contribution < -0.4 is 10.5 Å². The molecule has 2 N–H and O–H groups in total. The molecule has 1 aromatic heterocycles. The van der Waals surface area contributed by atoms with Crippen molar-refractivity contribution in [2.45, 2.75) is 13.2 Å². The number of rotatable bonds is 4. The summed E-state index contributed by atoms with van der Waals surface area (Å²) in [6.07, 6.45) is 1.63. The number of benzene rings is 1. The summed E-state index contributed by atoms with van der Waals surface area (Å²) in [4.78, 5) is 0. The molecule has 17 heavy (non-hydrogen) atoms. The van der Waals surface area contributed by atoms with Gasteiger partial charge in [0.1, 0.15) is 18.7 Å². The summed E-state index contributed by atoms with van der Waals surface area (Å²) in [6, 6.07) is 5.46. The summed E-state index contributed by atoms with van der Waals surface area (Å²) in [5.41, 5.74) is 6.43. The first kappa shape index (κ1) is 11.9. The average molecular weight is 253 g/mol. The molecule has 0 unspecified atom stereocenters. The normalized spacial score (nSPS) is 10.5. The molecule has 0 amide bonds. The zero-order chi connectivity index (χ0) is 12.3. The highest BCUT2D eigenvalue weighted by molar-refractivity contribution is 6.31.